The lowest BCUT2D eigenvalue weighted by atomic mass is 10.2. The van der Waals surface area contributed by atoms with Crippen molar-refractivity contribution >= 4 is 50.6 Å². The number of thiophene rings is 1. The Bertz CT molecular complexity index is 1000. The van der Waals surface area contributed by atoms with E-state index in [2.05, 4.69) is 10.1 Å². The van der Waals surface area contributed by atoms with E-state index in [4.69, 9.17) is 11.6 Å². The lowest BCUT2D eigenvalue weighted by Gasteiger charge is -2.07. The van der Waals surface area contributed by atoms with Crippen molar-refractivity contribution in [3.8, 4) is 0 Å². The number of nitrogens with one attached hydrogen (secondary N) is 1. The van der Waals surface area contributed by atoms with Gasteiger partial charge in [0.1, 0.15) is 16.5 Å². The Morgan fingerprint density at radius 2 is 1.92 bits per heavy atom. The summed E-state index contributed by atoms with van der Waals surface area (Å²) < 4.78 is 32.3. The van der Waals surface area contributed by atoms with Crippen LogP contribution in [-0.4, -0.2) is 19.0 Å². The van der Waals surface area contributed by atoms with E-state index in [1.807, 2.05) is 0 Å². The van der Waals surface area contributed by atoms with Crippen LogP contribution < -0.4 is 5.32 Å². The van der Waals surface area contributed by atoms with Crippen molar-refractivity contribution in [3.05, 3.63) is 63.5 Å². The monoisotopic (exact) mass is 381 g/mol. The van der Waals surface area contributed by atoms with E-state index >= 15 is 0 Å². The summed E-state index contributed by atoms with van der Waals surface area (Å²) in [6.07, 6.45) is 0. The van der Waals surface area contributed by atoms with E-state index in [9.17, 15) is 18.4 Å². The molecule has 2 aromatic carbocycles. The van der Waals surface area contributed by atoms with Crippen LogP contribution in [0, 0.1) is 11.6 Å². The second-order valence-corrected chi connectivity index (χ2v) is 6.46. The minimum atomic E-state index is -0.718. The summed E-state index contributed by atoms with van der Waals surface area (Å²) in [5.41, 5.74) is -0.101. The summed E-state index contributed by atoms with van der Waals surface area (Å²) in [6.45, 7) is 0. The van der Waals surface area contributed by atoms with E-state index < -0.39 is 23.5 Å². The molecule has 1 aromatic heterocycles. The number of hydrogen-bond acceptors (Lipinski definition) is 4. The van der Waals surface area contributed by atoms with Crippen LogP contribution in [0.2, 0.25) is 5.02 Å². The zero-order valence-corrected chi connectivity index (χ0v) is 14.3. The predicted octanol–water partition coefficient (Wildman–Crippen LogP) is 4.87. The van der Waals surface area contributed by atoms with Gasteiger partial charge < -0.3 is 10.1 Å². The molecule has 3 rings (SSSR count). The lowest BCUT2D eigenvalue weighted by Crippen LogP contribution is -2.13. The van der Waals surface area contributed by atoms with Gasteiger partial charge in [0.15, 0.2) is 0 Å². The van der Waals surface area contributed by atoms with Crippen molar-refractivity contribution in [2.45, 2.75) is 0 Å². The first-order valence-electron chi connectivity index (χ1n) is 6.97. The van der Waals surface area contributed by atoms with Gasteiger partial charge >= 0.3 is 5.97 Å². The molecule has 0 spiro atoms. The Balaban J connectivity index is 1.95. The van der Waals surface area contributed by atoms with Crippen LogP contribution in [0.1, 0.15) is 20.0 Å². The van der Waals surface area contributed by atoms with E-state index in [-0.39, 0.29) is 21.2 Å². The third-order valence-electron chi connectivity index (χ3n) is 3.43. The molecule has 0 unspecified atom stereocenters. The first-order chi connectivity index (χ1) is 11.9. The van der Waals surface area contributed by atoms with Crippen molar-refractivity contribution in [2.75, 3.05) is 12.4 Å². The van der Waals surface area contributed by atoms with Crippen molar-refractivity contribution in [3.63, 3.8) is 0 Å². The number of esters is 1. The fourth-order valence-corrected chi connectivity index (χ4v) is 3.67. The number of ether oxygens (including phenoxy) is 1. The Morgan fingerprint density at radius 3 is 2.64 bits per heavy atom. The maximum Gasteiger partial charge on any atom is 0.337 e. The molecule has 1 amide bonds. The first-order valence-corrected chi connectivity index (χ1v) is 8.17. The Hall–Kier alpha value is -2.51. The number of rotatable bonds is 3. The number of carbonyl (C=O) groups excluding carboxylic acids is 2. The average Bonchev–Trinajstić information content (AvgIpc) is 2.92. The van der Waals surface area contributed by atoms with Crippen LogP contribution in [0.4, 0.5) is 14.5 Å². The fourth-order valence-electron chi connectivity index (χ4n) is 2.23. The van der Waals surface area contributed by atoms with Gasteiger partial charge in [-0.2, -0.15) is 0 Å². The Labute approximate surface area is 150 Å². The number of hydrogen-bond donors (Lipinski definition) is 1. The van der Waals surface area contributed by atoms with Crippen molar-refractivity contribution in [2.24, 2.45) is 0 Å². The smallest absolute Gasteiger partial charge is 0.337 e. The summed E-state index contributed by atoms with van der Waals surface area (Å²) in [7, 11) is 1.19. The molecule has 0 saturated carbocycles. The molecule has 0 aliphatic heterocycles. The highest BCUT2D eigenvalue weighted by Gasteiger charge is 2.19. The minimum absolute atomic E-state index is 0.0868. The van der Waals surface area contributed by atoms with Gasteiger partial charge in [-0.3, -0.25) is 4.79 Å². The highest BCUT2D eigenvalue weighted by molar-refractivity contribution is 7.21. The molecule has 0 bridgehead atoms. The van der Waals surface area contributed by atoms with Crippen molar-refractivity contribution in [1.82, 2.24) is 0 Å². The van der Waals surface area contributed by atoms with E-state index in [1.54, 1.807) is 0 Å². The van der Waals surface area contributed by atoms with Crippen LogP contribution in [-0.2, 0) is 4.74 Å². The molecule has 128 valence electrons. The van der Waals surface area contributed by atoms with Crippen molar-refractivity contribution in [1.29, 1.82) is 0 Å². The second-order valence-electron chi connectivity index (χ2n) is 5.03. The highest BCUT2D eigenvalue weighted by atomic mass is 35.5. The molecule has 0 fully saturated rings. The van der Waals surface area contributed by atoms with E-state index in [1.165, 1.54) is 37.4 Å². The molecule has 0 aliphatic rings. The van der Waals surface area contributed by atoms with Crippen LogP contribution in [0.3, 0.4) is 0 Å². The molecule has 8 heteroatoms. The van der Waals surface area contributed by atoms with Gasteiger partial charge in [-0.15, -0.1) is 11.3 Å². The normalized spacial score (nSPS) is 10.7. The molecule has 1 N–H and O–H groups in total. The third kappa shape index (κ3) is 3.33. The zero-order chi connectivity index (χ0) is 18.1. The number of methoxy groups -OCH3 is 1. The van der Waals surface area contributed by atoms with Crippen LogP contribution in [0.15, 0.2) is 36.4 Å². The largest absolute Gasteiger partial charge is 0.465 e. The summed E-state index contributed by atoms with van der Waals surface area (Å²) in [6, 6.07) is 7.43. The number of carbonyl (C=O) groups is 2. The summed E-state index contributed by atoms with van der Waals surface area (Å²) in [4.78, 5) is 24.1. The van der Waals surface area contributed by atoms with Gasteiger partial charge in [0.2, 0.25) is 0 Å². The summed E-state index contributed by atoms with van der Waals surface area (Å²) in [5.74, 6) is -2.49. The topological polar surface area (TPSA) is 55.4 Å². The molecule has 0 radical (unpaired) electrons. The second kappa shape index (κ2) is 6.78. The molecular weight excluding hydrogens is 372 g/mol. The van der Waals surface area contributed by atoms with Gasteiger partial charge in [0.05, 0.1) is 23.4 Å². The van der Waals surface area contributed by atoms with E-state index in [0.29, 0.717) is 10.1 Å². The average molecular weight is 382 g/mol. The minimum Gasteiger partial charge on any atom is -0.465 e. The molecule has 1 heterocycles. The molecular formula is C17H10ClF2NO3S. The molecule has 3 aromatic rings. The number of benzene rings is 2. The predicted molar refractivity (Wildman–Crippen MR) is 92.5 cm³/mol. The molecule has 25 heavy (non-hydrogen) atoms. The van der Waals surface area contributed by atoms with E-state index in [0.717, 1.165) is 17.4 Å². The van der Waals surface area contributed by atoms with Gasteiger partial charge in [-0.05, 0) is 36.4 Å². The number of amides is 1. The maximum absolute atomic E-state index is 13.9. The first kappa shape index (κ1) is 17.3. The molecule has 0 saturated heterocycles. The number of halogens is 3. The van der Waals surface area contributed by atoms with Gasteiger partial charge in [0, 0.05) is 10.1 Å². The van der Waals surface area contributed by atoms with Gasteiger partial charge in [0.25, 0.3) is 5.91 Å². The molecule has 0 atom stereocenters. The quantitative estimate of drug-likeness (QED) is 0.658. The van der Waals surface area contributed by atoms with Gasteiger partial charge in [-0.25, -0.2) is 13.6 Å². The highest BCUT2D eigenvalue weighted by Crippen LogP contribution is 2.36. The molecule has 0 aliphatic carbocycles. The van der Waals surface area contributed by atoms with Crippen LogP contribution in [0.25, 0.3) is 10.1 Å². The maximum atomic E-state index is 13.9. The summed E-state index contributed by atoms with van der Waals surface area (Å²) >= 11 is 7.16. The Kier molecular flexibility index (Phi) is 4.69. The van der Waals surface area contributed by atoms with Crippen molar-refractivity contribution < 1.29 is 23.1 Å². The third-order valence-corrected chi connectivity index (χ3v) is 5.09. The lowest BCUT2D eigenvalue weighted by molar-refractivity contribution is 0.0600. The molecule has 4 nitrogen and oxygen atoms in total. The summed E-state index contributed by atoms with van der Waals surface area (Å²) in [5, 5.41) is 3.06. The fraction of sp³-hybridized carbons (Fsp3) is 0.0588. The van der Waals surface area contributed by atoms with Crippen LogP contribution >= 0.6 is 22.9 Å². The standard InChI is InChI=1S/C17H10ClF2NO3S/c1-24-17(23)8-2-5-11(20)12(6-8)21-16(22)15-14(18)10-4-3-9(19)7-13(10)25-15/h2-7H,1H3,(H,21,22). The zero-order valence-electron chi connectivity index (χ0n) is 12.7. The van der Waals surface area contributed by atoms with Gasteiger partial charge in [-0.1, -0.05) is 11.6 Å². The number of fused-ring (bicyclic) bond motifs is 1. The number of anilines is 1. The SMILES string of the molecule is COC(=O)c1ccc(F)c(NC(=O)c2sc3cc(F)ccc3c2Cl)c1. The Morgan fingerprint density at radius 1 is 1.16 bits per heavy atom. The van der Waals surface area contributed by atoms with Crippen LogP contribution in [0.5, 0.6) is 0 Å².